The van der Waals surface area contributed by atoms with Crippen molar-refractivity contribution in [2.45, 2.75) is 432 Å². The van der Waals surface area contributed by atoms with Gasteiger partial charge in [0.2, 0.25) is 0 Å². The van der Waals surface area contributed by atoms with Crippen molar-refractivity contribution in [1.29, 1.82) is 0 Å². The van der Waals surface area contributed by atoms with Crippen LogP contribution >= 0.6 is 0 Å². The Morgan fingerprint density at radius 3 is 0.617 bits per heavy atom. The van der Waals surface area contributed by atoms with Crippen molar-refractivity contribution in [1.82, 2.24) is 0 Å². The topological polar surface area (TPSA) is 63.2 Å². The fraction of sp³-hybridized carbons (Fsp3) is 0.957. The molecule has 81 heavy (non-hydrogen) atoms. The van der Waals surface area contributed by atoms with Crippen LogP contribution in [0.25, 0.3) is 0 Å². The molecule has 11 heteroatoms. The van der Waals surface area contributed by atoms with Gasteiger partial charge in [0, 0.05) is 17.7 Å². The van der Waals surface area contributed by atoms with Crippen LogP contribution in [0.4, 0.5) is 0 Å². The molecule has 6 nitrogen and oxygen atoms in total. The van der Waals surface area contributed by atoms with Gasteiger partial charge in [0.05, 0.1) is 0 Å². The van der Waals surface area contributed by atoms with Crippen LogP contribution in [0.3, 0.4) is 0 Å². The quantitative estimate of drug-likeness (QED) is 0.0344. The predicted octanol–water partition coefficient (Wildman–Crippen LogP) is 26.3. The second-order valence-corrected chi connectivity index (χ2v) is 44.9. The van der Waals surface area contributed by atoms with Crippen molar-refractivity contribution in [3.63, 3.8) is 0 Å². The molecule has 0 amide bonds. The molecule has 0 radical (unpaired) electrons. The third-order valence-corrected chi connectivity index (χ3v) is 43.3. The summed E-state index contributed by atoms with van der Waals surface area (Å²) in [6.45, 7) is 32.1. The smallest absolute Gasteiger partial charge is 0.393 e. The van der Waals surface area contributed by atoms with E-state index in [1.807, 2.05) is 6.92 Å². The monoisotopic (exact) mass is 1230 g/mol. The van der Waals surface area contributed by atoms with E-state index in [2.05, 4.69) is 82.7 Å². The molecule has 0 aliphatic heterocycles. The van der Waals surface area contributed by atoms with E-state index in [4.69, 9.17) is 20.9 Å². The lowest BCUT2D eigenvalue weighted by Gasteiger charge is -2.50. The summed E-state index contributed by atoms with van der Waals surface area (Å²) in [5.41, 5.74) is 0.501. The highest BCUT2D eigenvalue weighted by atomic mass is 28.5. The zero-order valence-electron chi connectivity index (χ0n) is 57.5. The van der Waals surface area contributed by atoms with Crippen molar-refractivity contribution in [3.05, 3.63) is 12.2 Å². The lowest BCUT2D eigenvalue weighted by molar-refractivity contribution is -0.132. The highest BCUT2D eigenvalue weighted by Gasteiger charge is 2.58. The molecule has 0 heterocycles. The zero-order chi connectivity index (χ0) is 60.1. The van der Waals surface area contributed by atoms with Crippen molar-refractivity contribution in [3.8, 4) is 0 Å². The molecule has 0 aromatic heterocycles. The second kappa shape index (κ2) is 54.3. The summed E-state index contributed by atoms with van der Waals surface area (Å²) in [6.07, 6.45) is 54.2. The van der Waals surface area contributed by atoms with Gasteiger partial charge in [-0.25, -0.2) is 4.79 Å². The Balaban J connectivity index is 9.39. The summed E-state index contributed by atoms with van der Waals surface area (Å²) in [5, 5.41) is 0. The van der Waals surface area contributed by atoms with E-state index in [-0.39, 0.29) is 5.97 Å². The van der Waals surface area contributed by atoms with Crippen molar-refractivity contribution < 1.29 is 25.7 Å². The summed E-state index contributed by atoms with van der Waals surface area (Å²) in [6, 6.07) is 12.0. The van der Waals surface area contributed by atoms with Crippen molar-refractivity contribution in [2.75, 3.05) is 0 Å². The molecule has 0 bridgehead atoms. The Labute approximate surface area is 515 Å². The molecule has 0 atom stereocenters. The van der Waals surface area contributed by atoms with Crippen LogP contribution in [0, 0.1) is 0 Å². The molecule has 0 rings (SSSR count). The van der Waals surface area contributed by atoms with Gasteiger partial charge in [-0.2, -0.15) is 0 Å². The largest absolute Gasteiger partial charge is 0.491 e. The molecule has 0 fully saturated rings. The summed E-state index contributed by atoms with van der Waals surface area (Å²) in [4.78, 5) is 14.4. The zero-order valence-corrected chi connectivity index (χ0v) is 62.5. The minimum atomic E-state index is -3.22. The number of carbonyl (C=O) groups is 1. The first kappa shape index (κ1) is 81.1. The number of hydrogen-bond donors (Lipinski definition) is 0. The maximum atomic E-state index is 14.4. The Morgan fingerprint density at radius 2 is 0.420 bits per heavy atom. The summed E-state index contributed by atoms with van der Waals surface area (Å²) in [5.74, 6) is -0.233. The summed E-state index contributed by atoms with van der Waals surface area (Å²) < 4.78 is 42.7. The van der Waals surface area contributed by atoms with Crippen LogP contribution in [-0.2, 0) is 25.7 Å². The lowest BCUT2D eigenvalue weighted by atomic mass is 10.2. The van der Waals surface area contributed by atoms with E-state index in [1.165, 1.54) is 249 Å². The van der Waals surface area contributed by atoms with Crippen molar-refractivity contribution in [2.24, 2.45) is 0 Å². The number of rotatable bonds is 65. The summed E-state index contributed by atoms with van der Waals surface area (Å²) >= 11 is 0. The molecular weight excluding hydrogens is 1080 g/mol. The maximum absolute atomic E-state index is 14.4. The highest BCUT2D eigenvalue weighted by Crippen LogP contribution is 2.45. The first-order valence-electron chi connectivity index (χ1n) is 37.0. The van der Waals surface area contributed by atoms with Gasteiger partial charge in [-0.05, 0) is 61.3 Å². The Kier molecular flexibility index (Phi) is 54.4. The third kappa shape index (κ3) is 40.3. The normalized spacial score (nSPS) is 12.7. The van der Waals surface area contributed by atoms with Gasteiger partial charge in [0.25, 0.3) is 0 Å². The molecule has 0 aromatic carbocycles. The molecule has 0 unspecified atom stereocenters. The van der Waals surface area contributed by atoms with Gasteiger partial charge >= 0.3 is 40.2 Å². The third-order valence-electron chi connectivity index (χ3n) is 17.9. The standard InChI is InChI=1S/C70H148O6Si5/c1-14-25-36-47-58-77(59-48-37-26-15-2,60-49-38-27-16-3)73-79(63-52-41-30-19-6,64-53-42-31-20-7)75-81(67-56-45-34-23-10,68-57-46-35-24-11)76-80(65-54-43-32-21-8,66-55-44-33-22-9)74-78(61-50-39-28-17-4,62-51-40-29-18-5)72-70(71)69(12)13/h12,14-68H2,1-11,13H3. The molecule has 0 aliphatic carbocycles. The van der Waals surface area contributed by atoms with E-state index in [0.717, 1.165) is 99.7 Å². The van der Waals surface area contributed by atoms with Crippen LogP contribution < -0.4 is 0 Å². The minimum Gasteiger partial charge on any atom is -0.491 e. The van der Waals surface area contributed by atoms with Crippen LogP contribution in [0.2, 0.25) is 66.5 Å². The average Bonchev–Trinajstić information content (AvgIpc) is 3.65. The van der Waals surface area contributed by atoms with Gasteiger partial charge in [0.1, 0.15) is 0 Å². The average molecular weight is 1230 g/mol. The second-order valence-electron chi connectivity index (χ2n) is 26.3. The first-order chi connectivity index (χ1) is 39.3. The Hall–Kier alpha value is 0.134. The molecular formula is C70H148O6Si5. The lowest BCUT2D eigenvalue weighted by Crippen LogP contribution is -2.65. The molecule has 0 aliphatic rings. The Morgan fingerprint density at radius 1 is 0.247 bits per heavy atom. The number of hydrogen-bond acceptors (Lipinski definition) is 6. The van der Waals surface area contributed by atoms with Crippen LogP contribution in [-0.4, -0.2) is 48.5 Å². The molecule has 0 N–H and O–H groups in total. The van der Waals surface area contributed by atoms with E-state index in [0.29, 0.717) is 5.57 Å². The van der Waals surface area contributed by atoms with E-state index >= 15 is 0 Å². The van der Waals surface area contributed by atoms with Gasteiger partial charge in [-0.3, -0.25) is 0 Å². The van der Waals surface area contributed by atoms with Gasteiger partial charge in [-0.15, -0.1) is 0 Å². The van der Waals surface area contributed by atoms with E-state index < -0.39 is 42.6 Å². The SMILES string of the molecule is C=C(C)C(=O)O[Si](CCCCCC)(CCCCCC)O[Si](CCCCCC)(CCCCCC)O[Si](CCCCCC)(CCCCCC)O[Si](CCCCCC)(CCCCCC)O[Si](CCCCCC)(CCCCCC)CCCCCC. The van der Waals surface area contributed by atoms with Crippen molar-refractivity contribution >= 4 is 48.5 Å². The first-order valence-corrected chi connectivity index (χ1v) is 48.5. The fourth-order valence-corrected chi connectivity index (χ4v) is 44.3. The number of unbranched alkanes of at least 4 members (excludes halogenated alkanes) is 33. The van der Waals surface area contributed by atoms with Gasteiger partial charge in [-0.1, -0.05) is 365 Å². The number of carbonyl (C=O) groups excluding carboxylic acids is 1. The van der Waals surface area contributed by atoms with Gasteiger partial charge in [0.15, 0.2) is 8.32 Å². The molecule has 0 saturated heterocycles. The Bertz CT molecular complexity index is 1320. The molecule has 484 valence electrons. The minimum absolute atomic E-state index is 0.233. The van der Waals surface area contributed by atoms with E-state index in [1.54, 1.807) is 0 Å². The van der Waals surface area contributed by atoms with Crippen LogP contribution in [0.15, 0.2) is 12.2 Å². The maximum Gasteiger partial charge on any atom is 0.393 e. The fourth-order valence-electron chi connectivity index (χ4n) is 12.8. The summed E-state index contributed by atoms with van der Waals surface area (Å²) in [7, 11) is -14.9. The highest BCUT2D eigenvalue weighted by molar-refractivity contribution is 6.92. The molecule has 0 aromatic rings. The van der Waals surface area contributed by atoms with Gasteiger partial charge < -0.3 is 20.9 Å². The van der Waals surface area contributed by atoms with E-state index in [9.17, 15) is 4.79 Å². The molecule has 0 spiro atoms. The van der Waals surface area contributed by atoms with Crippen LogP contribution in [0.5, 0.6) is 0 Å². The van der Waals surface area contributed by atoms with Crippen LogP contribution in [0.1, 0.15) is 366 Å². The predicted molar refractivity (Wildman–Crippen MR) is 372 cm³/mol. The molecule has 0 saturated carbocycles.